The molecule has 3 nitrogen and oxygen atoms in total. The normalized spacial score (nSPS) is 23.2. The molecular formula is C11H19N3. The third kappa shape index (κ3) is 1.98. The van der Waals surface area contributed by atoms with Crippen molar-refractivity contribution in [1.29, 1.82) is 0 Å². The second-order valence-corrected chi connectivity index (χ2v) is 4.58. The van der Waals surface area contributed by atoms with E-state index in [4.69, 9.17) is 5.73 Å². The fourth-order valence-electron chi connectivity index (χ4n) is 2.36. The Hall–Kier alpha value is -0.830. The molecule has 2 heterocycles. The Balaban J connectivity index is 2.05. The molecule has 0 fully saturated rings. The fourth-order valence-corrected chi connectivity index (χ4v) is 2.36. The van der Waals surface area contributed by atoms with E-state index in [-0.39, 0.29) is 0 Å². The quantitative estimate of drug-likeness (QED) is 0.773. The van der Waals surface area contributed by atoms with Crippen molar-refractivity contribution in [2.75, 3.05) is 0 Å². The van der Waals surface area contributed by atoms with Crippen LogP contribution < -0.4 is 5.73 Å². The summed E-state index contributed by atoms with van der Waals surface area (Å²) in [4.78, 5) is 0. The van der Waals surface area contributed by atoms with Gasteiger partial charge in [-0.3, -0.25) is 4.68 Å². The van der Waals surface area contributed by atoms with E-state index in [2.05, 4.69) is 29.7 Å². The van der Waals surface area contributed by atoms with Crippen LogP contribution in [0.15, 0.2) is 6.07 Å². The van der Waals surface area contributed by atoms with Crippen molar-refractivity contribution in [1.82, 2.24) is 9.78 Å². The third-order valence-corrected chi connectivity index (χ3v) is 2.93. The number of hydrogen-bond acceptors (Lipinski definition) is 2. The Morgan fingerprint density at radius 3 is 3.21 bits per heavy atom. The summed E-state index contributed by atoms with van der Waals surface area (Å²) < 4.78 is 2.16. The molecule has 2 atom stereocenters. The zero-order valence-electron chi connectivity index (χ0n) is 9.03. The molecular weight excluding hydrogens is 174 g/mol. The van der Waals surface area contributed by atoms with E-state index >= 15 is 0 Å². The molecule has 0 saturated carbocycles. The van der Waals surface area contributed by atoms with Gasteiger partial charge in [0.25, 0.3) is 0 Å². The molecule has 0 bridgehead atoms. The Bertz CT molecular complexity index is 314. The summed E-state index contributed by atoms with van der Waals surface area (Å²) in [5, 5.41) is 4.48. The predicted molar refractivity (Wildman–Crippen MR) is 57.0 cm³/mol. The van der Waals surface area contributed by atoms with Gasteiger partial charge in [-0.1, -0.05) is 0 Å². The largest absolute Gasteiger partial charge is 0.328 e. The van der Waals surface area contributed by atoms with Crippen molar-refractivity contribution >= 4 is 0 Å². The highest BCUT2D eigenvalue weighted by Gasteiger charge is 2.20. The first-order valence-electron chi connectivity index (χ1n) is 5.44. The molecule has 1 aliphatic heterocycles. The monoisotopic (exact) mass is 193 g/mol. The molecule has 14 heavy (non-hydrogen) atoms. The molecule has 1 aromatic heterocycles. The fraction of sp³-hybridized carbons (Fsp3) is 0.727. The Labute approximate surface area is 85.3 Å². The summed E-state index contributed by atoms with van der Waals surface area (Å²) in [6.45, 7) is 5.21. The van der Waals surface area contributed by atoms with Gasteiger partial charge in [0, 0.05) is 18.3 Å². The lowest BCUT2D eigenvalue weighted by atomic mass is 9.92. The van der Waals surface area contributed by atoms with Gasteiger partial charge in [0.2, 0.25) is 0 Å². The van der Waals surface area contributed by atoms with Crippen LogP contribution in [0.3, 0.4) is 0 Å². The molecule has 0 radical (unpaired) electrons. The maximum atomic E-state index is 5.82. The molecule has 0 saturated heterocycles. The number of fused-ring (bicyclic) bond motifs is 1. The van der Waals surface area contributed by atoms with Gasteiger partial charge in [0.1, 0.15) is 0 Å². The molecule has 2 unspecified atom stereocenters. The van der Waals surface area contributed by atoms with Crippen molar-refractivity contribution in [3.8, 4) is 0 Å². The molecule has 1 aliphatic rings. The van der Waals surface area contributed by atoms with Gasteiger partial charge >= 0.3 is 0 Å². The number of aromatic nitrogens is 2. The van der Waals surface area contributed by atoms with Gasteiger partial charge in [0.05, 0.1) is 5.69 Å². The topological polar surface area (TPSA) is 43.8 Å². The molecule has 2 N–H and O–H groups in total. The van der Waals surface area contributed by atoms with Crippen LogP contribution in [0.5, 0.6) is 0 Å². The van der Waals surface area contributed by atoms with E-state index in [1.807, 2.05) is 0 Å². The average molecular weight is 193 g/mol. The zero-order chi connectivity index (χ0) is 10.1. The molecule has 2 rings (SSSR count). The van der Waals surface area contributed by atoms with Gasteiger partial charge in [-0.2, -0.15) is 5.10 Å². The van der Waals surface area contributed by atoms with E-state index in [0.29, 0.717) is 6.04 Å². The summed E-state index contributed by atoms with van der Waals surface area (Å²) >= 11 is 0. The number of nitrogens with zero attached hydrogens (tertiary/aromatic N) is 2. The second kappa shape index (κ2) is 3.73. The van der Waals surface area contributed by atoms with Gasteiger partial charge in [-0.25, -0.2) is 0 Å². The van der Waals surface area contributed by atoms with E-state index in [9.17, 15) is 0 Å². The van der Waals surface area contributed by atoms with Crippen LogP contribution in [-0.4, -0.2) is 15.8 Å². The lowest BCUT2D eigenvalue weighted by Gasteiger charge is -2.24. The average Bonchev–Trinajstić information content (AvgIpc) is 2.42. The lowest BCUT2D eigenvalue weighted by Crippen LogP contribution is -2.27. The molecule has 0 aromatic carbocycles. The van der Waals surface area contributed by atoms with Crippen molar-refractivity contribution in [3.05, 3.63) is 17.5 Å². The Kier molecular flexibility index (Phi) is 2.59. The first kappa shape index (κ1) is 9.71. The zero-order valence-corrected chi connectivity index (χ0v) is 9.03. The molecule has 0 amide bonds. The van der Waals surface area contributed by atoms with Crippen LogP contribution in [-0.2, 0) is 13.0 Å². The van der Waals surface area contributed by atoms with E-state index < -0.39 is 0 Å². The second-order valence-electron chi connectivity index (χ2n) is 4.58. The van der Waals surface area contributed by atoms with Gasteiger partial charge in [-0.15, -0.1) is 0 Å². The Morgan fingerprint density at radius 2 is 2.50 bits per heavy atom. The highest BCUT2D eigenvalue weighted by Crippen LogP contribution is 2.23. The van der Waals surface area contributed by atoms with Crippen LogP contribution in [0.4, 0.5) is 0 Å². The SMILES string of the molecule is Cc1cc2n(n1)CC(CC(C)N)CC2. The molecule has 0 spiro atoms. The van der Waals surface area contributed by atoms with E-state index in [0.717, 1.165) is 31.0 Å². The summed E-state index contributed by atoms with van der Waals surface area (Å²) in [5.74, 6) is 0.724. The minimum absolute atomic E-state index is 0.318. The molecule has 3 heteroatoms. The minimum Gasteiger partial charge on any atom is -0.328 e. The molecule has 78 valence electrons. The first-order chi connectivity index (χ1) is 6.65. The smallest absolute Gasteiger partial charge is 0.0596 e. The van der Waals surface area contributed by atoms with Gasteiger partial charge in [-0.05, 0) is 45.1 Å². The van der Waals surface area contributed by atoms with E-state index in [1.165, 1.54) is 12.1 Å². The standard InChI is InChI=1S/C11H19N3/c1-8(12)5-10-3-4-11-6-9(2)13-14(11)7-10/h6,8,10H,3-5,7,12H2,1-2H3. The molecule has 1 aromatic rings. The van der Waals surface area contributed by atoms with Crippen molar-refractivity contribution in [3.63, 3.8) is 0 Å². The Morgan fingerprint density at radius 1 is 1.71 bits per heavy atom. The maximum Gasteiger partial charge on any atom is 0.0596 e. The number of hydrogen-bond donors (Lipinski definition) is 1. The van der Waals surface area contributed by atoms with Crippen LogP contribution >= 0.6 is 0 Å². The highest BCUT2D eigenvalue weighted by atomic mass is 15.3. The number of rotatable bonds is 2. The first-order valence-corrected chi connectivity index (χ1v) is 5.44. The van der Waals surface area contributed by atoms with Crippen molar-refractivity contribution in [2.45, 2.75) is 45.7 Å². The molecule has 0 aliphatic carbocycles. The number of nitrogens with two attached hydrogens (primary N) is 1. The summed E-state index contributed by atoms with van der Waals surface area (Å²) in [6.07, 6.45) is 3.56. The number of aryl methyl sites for hydroxylation is 2. The van der Waals surface area contributed by atoms with Crippen molar-refractivity contribution < 1.29 is 0 Å². The van der Waals surface area contributed by atoms with Crippen LogP contribution in [0.2, 0.25) is 0 Å². The predicted octanol–water partition coefficient (Wildman–Crippen LogP) is 1.49. The lowest BCUT2D eigenvalue weighted by molar-refractivity contribution is 0.312. The van der Waals surface area contributed by atoms with Gasteiger partial charge < -0.3 is 5.73 Å². The maximum absolute atomic E-state index is 5.82. The van der Waals surface area contributed by atoms with Gasteiger partial charge in [0.15, 0.2) is 0 Å². The van der Waals surface area contributed by atoms with Crippen LogP contribution in [0.1, 0.15) is 31.2 Å². The third-order valence-electron chi connectivity index (χ3n) is 2.93. The highest BCUT2D eigenvalue weighted by molar-refractivity contribution is 5.10. The van der Waals surface area contributed by atoms with Crippen LogP contribution in [0.25, 0.3) is 0 Å². The minimum atomic E-state index is 0.318. The summed E-state index contributed by atoms with van der Waals surface area (Å²) in [7, 11) is 0. The summed E-state index contributed by atoms with van der Waals surface area (Å²) in [6, 6.07) is 2.51. The van der Waals surface area contributed by atoms with Crippen molar-refractivity contribution in [2.24, 2.45) is 11.7 Å². The summed E-state index contributed by atoms with van der Waals surface area (Å²) in [5.41, 5.74) is 8.35. The van der Waals surface area contributed by atoms with Crippen LogP contribution in [0, 0.1) is 12.8 Å². The van der Waals surface area contributed by atoms with E-state index in [1.54, 1.807) is 0 Å².